The van der Waals surface area contributed by atoms with Gasteiger partial charge in [-0.2, -0.15) is 0 Å². The molecule has 0 aromatic rings. The number of rotatable bonds is 6. The van der Waals surface area contributed by atoms with Gasteiger partial charge in [0.05, 0.1) is 0 Å². The Balaban J connectivity index is 3.68. The van der Waals surface area contributed by atoms with Gasteiger partial charge in [0.2, 0.25) is 0 Å². The average molecular weight is 207 g/mol. The summed E-state index contributed by atoms with van der Waals surface area (Å²) in [4.78, 5) is 10.3. The highest BCUT2D eigenvalue weighted by atomic mass is 32.2. The lowest BCUT2D eigenvalue weighted by atomic mass is 10.2. The molecule has 0 fully saturated rings. The third-order valence-electron chi connectivity index (χ3n) is 1.61. The number of carbonyl (C=O) groups is 1. The standard InChI is InChI=1S/C8H17NO3S/c1-6(2)3-4-13(12)5-7(9)8(10)11/h6-7H,3-5,9H2,1-2H3,(H,10,11). The molecule has 2 unspecified atom stereocenters. The third kappa shape index (κ3) is 6.72. The minimum Gasteiger partial charge on any atom is -0.480 e. The highest BCUT2D eigenvalue weighted by Gasteiger charge is 2.14. The second kappa shape index (κ2) is 6.10. The molecule has 4 nitrogen and oxygen atoms in total. The molecule has 0 aliphatic heterocycles. The third-order valence-corrected chi connectivity index (χ3v) is 3.03. The Hall–Kier alpha value is -0.420. The van der Waals surface area contributed by atoms with E-state index in [9.17, 15) is 9.00 Å². The van der Waals surface area contributed by atoms with E-state index in [0.717, 1.165) is 6.42 Å². The summed E-state index contributed by atoms with van der Waals surface area (Å²) < 4.78 is 11.2. The monoisotopic (exact) mass is 207 g/mol. The van der Waals surface area contributed by atoms with Gasteiger partial charge >= 0.3 is 5.97 Å². The minimum atomic E-state index is -1.10. The maximum Gasteiger partial charge on any atom is 0.321 e. The Morgan fingerprint density at radius 2 is 2.08 bits per heavy atom. The number of carboxylic acids is 1. The van der Waals surface area contributed by atoms with Crippen LogP contribution in [0.25, 0.3) is 0 Å². The van der Waals surface area contributed by atoms with Gasteiger partial charge in [0.1, 0.15) is 6.04 Å². The topological polar surface area (TPSA) is 80.4 Å². The fourth-order valence-electron chi connectivity index (χ4n) is 0.722. The predicted octanol–water partition coefficient (Wildman–Crippen LogP) is 0.193. The van der Waals surface area contributed by atoms with E-state index in [1.165, 1.54) is 0 Å². The Labute approximate surface area is 81.0 Å². The van der Waals surface area contributed by atoms with Gasteiger partial charge < -0.3 is 10.8 Å². The summed E-state index contributed by atoms with van der Waals surface area (Å²) in [5.74, 6) is 0.00338. The fraction of sp³-hybridized carbons (Fsp3) is 0.875. The first-order valence-electron chi connectivity index (χ1n) is 4.26. The van der Waals surface area contributed by atoms with Crippen molar-refractivity contribution >= 4 is 16.8 Å². The Morgan fingerprint density at radius 3 is 2.46 bits per heavy atom. The van der Waals surface area contributed by atoms with E-state index in [4.69, 9.17) is 10.8 Å². The normalized spacial score (nSPS) is 15.7. The zero-order valence-electron chi connectivity index (χ0n) is 8.03. The molecular formula is C8H17NO3S. The number of nitrogens with two attached hydrogens (primary N) is 1. The zero-order valence-corrected chi connectivity index (χ0v) is 8.84. The fourth-order valence-corrected chi connectivity index (χ4v) is 2.17. The van der Waals surface area contributed by atoms with Crippen LogP contribution in [0.2, 0.25) is 0 Å². The second-order valence-corrected chi connectivity index (χ2v) is 5.06. The van der Waals surface area contributed by atoms with Gasteiger partial charge in [0, 0.05) is 22.3 Å². The molecule has 2 atom stereocenters. The summed E-state index contributed by atoms with van der Waals surface area (Å²) >= 11 is 0. The molecule has 0 radical (unpaired) electrons. The molecule has 3 N–H and O–H groups in total. The van der Waals surface area contributed by atoms with E-state index in [1.54, 1.807) is 0 Å². The molecule has 0 spiro atoms. The minimum absolute atomic E-state index is 0.0576. The molecule has 78 valence electrons. The molecule has 5 heteroatoms. The van der Waals surface area contributed by atoms with Crippen molar-refractivity contribution in [3.8, 4) is 0 Å². The summed E-state index contributed by atoms with van der Waals surface area (Å²) in [5.41, 5.74) is 5.23. The molecular weight excluding hydrogens is 190 g/mol. The van der Waals surface area contributed by atoms with E-state index in [1.807, 2.05) is 13.8 Å². The Kier molecular flexibility index (Phi) is 5.90. The molecule has 0 aromatic heterocycles. The van der Waals surface area contributed by atoms with Crippen LogP contribution in [0.4, 0.5) is 0 Å². The molecule has 0 heterocycles. The number of carboxylic acid groups (broad SMARTS) is 1. The van der Waals surface area contributed by atoms with E-state index in [2.05, 4.69) is 0 Å². The van der Waals surface area contributed by atoms with E-state index in [0.29, 0.717) is 11.7 Å². The van der Waals surface area contributed by atoms with E-state index < -0.39 is 22.8 Å². The van der Waals surface area contributed by atoms with E-state index in [-0.39, 0.29) is 5.75 Å². The van der Waals surface area contributed by atoms with Crippen LogP contribution in [0.3, 0.4) is 0 Å². The van der Waals surface area contributed by atoms with Crippen molar-refractivity contribution in [2.45, 2.75) is 26.3 Å². The van der Waals surface area contributed by atoms with Gasteiger partial charge in [-0.3, -0.25) is 9.00 Å². The quantitative estimate of drug-likeness (QED) is 0.651. The van der Waals surface area contributed by atoms with Crippen LogP contribution in [0.5, 0.6) is 0 Å². The largest absolute Gasteiger partial charge is 0.480 e. The van der Waals surface area contributed by atoms with Crippen LogP contribution in [0.1, 0.15) is 20.3 Å². The molecule has 0 bridgehead atoms. The lowest BCUT2D eigenvalue weighted by Gasteiger charge is -2.07. The van der Waals surface area contributed by atoms with Gasteiger partial charge in [-0.25, -0.2) is 0 Å². The van der Waals surface area contributed by atoms with Crippen molar-refractivity contribution in [2.75, 3.05) is 11.5 Å². The van der Waals surface area contributed by atoms with Crippen LogP contribution in [-0.2, 0) is 15.6 Å². The second-order valence-electron chi connectivity index (χ2n) is 3.44. The molecule has 0 rings (SSSR count). The molecule has 0 saturated carbocycles. The maximum atomic E-state index is 11.2. The smallest absolute Gasteiger partial charge is 0.321 e. The first-order valence-corrected chi connectivity index (χ1v) is 5.75. The average Bonchev–Trinajstić information content (AvgIpc) is 2.00. The van der Waals surface area contributed by atoms with Gasteiger partial charge in [-0.1, -0.05) is 13.8 Å². The predicted molar refractivity (Wildman–Crippen MR) is 52.9 cm³/mol. The highest BCUT2D eigenvalue weighted by Crippen LogP contribution is 2.01. The van der Waals surface area contributed by atoms with Gasteiger partial charge in [-0.05, 0) is 12.3 Å². The summed E-state index contributed by atoms with van der Waals surface area (Å²) in [6.07, 6.45) is 0.846. The van der Waals surface area contributed by atoms with Crippen LogP contribution in [0, 0.1) is 5.92 Å². The van der Waals surface area contributed by atoms with Crippen molar-refractivity contribution in [2.24, 2.45) is 11.7 Å². The van der Waals surface area contributed by atoms with Crippen LogP contribution < -0.4 is 5.73 Å². The molecule has 0 aliphatic carbocycles. The first-order chi connectivity index (χ1) is 5.93. The van der Waals surface area contributed by atoms with Crippen LogP contribution in [-0.4, -0.2) is 32.8 Å². The SMILES string of the molecule is CC(C)CCS(=O)CC(N)C(=O)O. The Bertz CT molecular complexity index is 194. The first kappa shape index (κ1) is 12.6. The van der Waals surface area contributed by atoms with Crippen LogP contribution >= 0.6 is 0 Å². The number of aliphatic carboxylic acids is 1. The Morgan fingerprint density at radius 1 is 1.54 bits per heavy atom. The summed E-state index contributed by atoms with van der Waals surface area (Å²) in [6.45, 7) is 4.07. The number of hydrogen-bond donors (Lipinski definition) is 2. The maximum absolute atomic E-state index is 11.2. The summed E-state index contributed by atoms with van der Waals surface area (Å²) in [7, 11) is -1.10. The molecule has 0 aliphatic rings. The summed E-state index contributed by atoms with van der Waals surface area (Å²) in [5, 5.41) is 8.45. The zero-order chi connectivity index (χ0) is 10.4. The molecule has 0 aromatic carbocycles. The number of hydrogen-bond acceptors (Lipinski definition) is 3. The molecule has 0 amide bonds. The van der Waals surface area contributed by atoms with Gasteiger partial charge in [-0.15, -0.1) is 0 Å². The van der Waals surface area contributed by atoms with Crippen molar-refractivity contribution in [1.82, 2.24) is 0 Å². The van der Waals surface area contributed by atoms with Crippen LogP contribution in [0.15, 0.2) is 0 Å². The molecule has 13 heavy (non-hydrogen) atoms. The lowest BCUT2D eigenvalue weighted by Crippen LogP contribution is -2.36. The van der Waals surface area contributed by atoms with Gasteiger partial charge in [0.15, 0.2) is 0 Å². The van der Waals surface area contributed by atoms with Gasteiger partial charge in [0.25, 0.3) is 0 Å². The lowest BCUT2D eigenvalue weighted by molar-refractivity contribution is -0.137. The van der Waals surface area contributed by atoms with Crippen molar-refractivity contribution < 1.29 is 14.1 Å². The summed E-state index contributed by atoms with van der Waals surface area (Å²) in [6, 6.07) is -0.993. The van der Waals surface area contributed by atoms with Crippen molar-refractivity contribution in [3.05, 3.63) is 0 Å². The van der Waals surface area contributed by atoms with E-state index >= 15 is 0 Å². The van der Waals surface area contributed by atoms with Crippen molar-refractivity contribution in [1.29, 1.82) is 0 Å². The molecule has 0 saturated heterocycles. The van der Waals surface area contributed by atoms with Crippen molar-refractivity contribution in [3.63, 3.8) is 0 Å². The highest BCUT2D eigenvalue weighted by molar-refractivity contribution is 7.85.